The third-order valence-electron chi connectivity index (χ3n) is 2.78. The lowest BCUT2D eigenvalue weighted by atomic mass is 10.2. The number of nitrogens with two attached hydrogens (primary N) is 1. The summed E-state index contributed by atoms with van der Waals surface area (Å²) in [6.07, 6.45) is 3.06. The fraction of sp³-hybridized carbons (Fsp3) is 0.600. The zero-order chi connectivity index (χ0) is 11.6. The van der Waals surface area contributed by atoms with Crippen molar-refractivity contribution in [1.82, 2.24) is 4.31 Å². The maximum absolute atomic E-state index is 12.2. The van der Waals surface area contributed by atoms with E-state index in [4.69, 9.17) is 5.73 Å². The van der Waals surface area contributed by atoms with Crippen molar-refractivity contribution in [2.24, 2.45) is 5.73 Å². The van der Waals surface area contributed by atoms with E-state index in [1.54, 1.807) is 15.8 Å². The quantitative estimate of drug-likeness (QED) is 0.893. The second-order valence-electron chi connectivity index (χ2n) is 3.92. The van der Waals surface area contributed by atoms with Crippen LogP contribution in [0, 0.1) is 0 Å². The van der Waals surface area contributed by atoms with Crippen LogP contribution in [0.2, 0.25) is 0 Å². The summed E-state index contributed by atoms with van der Waals surface area (Å²) in [5.74, 6) is 0. The lowest BCUT2D eigenvalue weighted by Crippen LogP contribution is -2.35. The highest BCUT2D eigenvalue weighted by Crippen LogP contribution is 2.24. The third-order valence-corrected chi connectivity index (χ3v) is 5.77. The highest BCUT2D eigenvalue weighted by molar-refractivity contribution is 7.89. The largest absolute Gasteiger partial charge is 0.326 e. The first-order valence-electron chi connectivity index (χ1n) is 5.42. The van der Waals surface area contributed by atoms with Crippen molar-refractivity contribution in [1.29, 1.82) is 0 Å². The van der Waals surface area contributed by atoms with E-state index in [0.717, 1.165) is 24.1 Å². The van der Waals surface area contributed by atoms with Gasteiger partial charge in [-0.25, -0.2) is 8.42 Å². The van der Waals surface area contributed by atoms with Crippen LogP contribution in [0.5, 0.6) is 0 Å². The van der Waals surface area contributed by atoms with E-state index in [2.05, 4.69) is 0 Å². The van der Waals surface area contributed by atoms with E-state index >= 15 is 0 Å². The molecule has 1 aromatic rings. The summed E-state index contributed by atoms with van der Waals surface area (Å²) < 4.78 is 26.0. The lowest BCUT2D eigenvalue weighted by Gasteiger charge is -2.25. The highest BCUT2D eigenvalue weighted by atomic mass is 32.2. The predicted molar refractivity (Wildman–Crippen MR) is 64.8 cm³/mol. The minimum absolute atomic E-state index is 0.403. The molecule has 2 heterocycles. The smallest absolute Gasteiger partial charge is 0.243 e. The fourth-order valence-electron chi connectivity index (χ4n) is 1.86. The summed E-state index contributed by atoms with van der Waals surface area (Å²) in [6.45, 7) is 1.70. The molecule has 4 nitrogen and oxygen atoms in total. The second kappa shape index (κ2) is 4.83. The Morgan fingerprint density at radius 2 is 2.00 bits per heavy atom. The van der Waals surface area contributed by atoms with Gasteiger partial charge in [-0.2, -0.15) is 4.31 Å². The molecule has 0 unspecified atom stereocenters. The van der Waals surface area contributed by atoms with Crippen LogP contribution >= 0.6 is 11.3 Å². The van der Waals surface area contributed by atoms with E-state index in [0.29, 0.717) is 24.5 Å². The Morgan fingerprint density at radius 3 is 2.56 bits per heavy atom. The van der Waals surface area contributed by atoms with Gasteiger partial charge in [0.05, 0.1) is 4.90 Å². The van der Waals surface area contributed by atoms with Gasteiger partial charge in [0.25, 0.3) is 0 Å². The molecule has 6 heteroatoms. The van der Waals surface area contributed by atoms with Gasteiger partial charge in [-0.3, -0.25) is 0 Å². The summed E-state index contributed by atoms with van der Waals surface area (Å²) in [5, 5.41) is 1.69. The number of hydrogen-bond acceptors (Lipinski definition) is 4. The van der Waals surface area contributed by atoms with Crippen LogP contribution in [0.1, 0.15) is 24.1 Å². The molecule has 1 aliphatic heterocycles. The summed E-state index contributed by atoms with van der Waals surface area (Å²) in [6, 6.07) is 1.69. The molecule has 0 bridgehead atoms. The minimum atomic E-state index is -3.26. The van der Waals surface area contributed by atoms with Gasteiger partial charge in [-0.15, -0.1) is 11.3 Å². The first kappa shape index (κ1) is 12.0. The van der Waals surface area contributed by atoms with Crippen molar-refractivity contribution in [2.75, 3.05) is 13.1 Å². The van der Waals surface area contributed by atoms with Crippen molar-refractivity contribution in [3.05, 3.63) is 16.3 Å². The zero-order valence-electron chi connectivity index (χ0n) is 9.05. The topological polar surface area (TPSA) is 63.4 Å². The number of rotatable bonds is 3. The molecule has 0 saturated carbocycles. The minimum Gasteiger partial charge on any atom is -0.326 e. The third kappa shape index (κ3) is 2.29. The van der Waals surface area contributed by atoms with E-state index in [1.807, 2.05) is 0 Å². The lowest BCUT2D eigenvalue weighted by molar-refractivity contribution is 0.347. The summed E-state index contributed by atoms with van der Waals surface area (Å²) in [5.41, 5.74) is 5.49. The predicted octanol–water partition coefficient (Wildman–Crippen LogP) is 1.38. The van der Waals surface area contributed by atoms with Crippen LogP contribution in [-0.4, -0.2) is 25.8 Å². The summed E-state index contributed by atoms with van der Waals surface area (Å²) in [7, 11) is -3.26. The van der Waals surface area contributed by atoms with Gasteiger partial charge >= 0.3 is 0 Å². The standard InChI is InChI=1S/C10H16N2O2S2/c11-7-9-6-10(8-15-9)16(13,14)12-4-2-1-3-5-12/h6,8H,1-5,7,11H2. The number of thiophene rings is 1. The molecule has 0 spiro atoms. The van der Waals surface area contributed by atoms with Crippen molar-refractivity contribution in [2.45, 2.75) is 30.7 Å². The Balaban J connectivity index is 2.23. The Bertz CT molecular complexity index is 447. The SMILES string of the molecule is NCc1cc(S(=O)(=O)N2CCCCC2)cs1. The molecule has 1 saturated heterocycles. The number of hydrogen-bond donors (Lipinski definition) is 1. The van der Waals surface area contributed by atoms with Crippen LogP contribution in [0.25, 0.3) is 0 Å². The van der Waals surface area contributed by atoms with Gasteiger partial charge in [-0.05, 0) is 18.9 Å². The Labute approximate surface area is 100 Å². The van der Waals surface area contributed by atoms with Gasteiger partial charge in [0.1, 0.15) is 0 Å². The van der Waals surface area contributed by atoms with Crippen molar-refractivity contribution in [3.8, 4) is 0 Å². The van der Waals surface area contributed by atoms with Crippen LogP contribution in [0.15, 0.2) is 16.3 Å². The molecule has 1 aliphatic rings. The van der Waals surface area contributed by atoms with Crippen LogP contribution in [0.4, 0.5) is 0 Å². The van der Waals surface area contributed by atoms with Crippen molar-refractivity contribution in [3.63, 3.8) is 0 Å². The second-order valence-corrected chi connectivity index (χ2v) is 6.85. The molecule has 16 heavy (non-hydrogen) atoms. The zero-order valence-corrected chi connectivity index (χ0v) is 10.7. The Kier molecular flexibility index (Phi) is 3.63. The number of piperidine rings is 1. The molecule has 1 fully saturated rings. The maximum atomic E-state index is 12.2. The average Bonchev–Trinajstić information content (AvgIpc) is 2.79. The van der Waals surface area contributed by atoms with Gasteiger partial charge in [0.15, 0.2) is 0 Å². The van der Waals surface area contributed by atoms with E-state index in [9.17, 15) is 8.42 Å². The van der Waals surface area contributed by atoms with Crippen LogP contribution in [0.3, 0.4) is 0 Å². The van der Waals surface area contributed by atoms with Crippen LogP contribution in [-0.2, 0) is 16.6 Å². The molecular formula is C10H16N2O2S2. The van der Waals surface area contributed by atoms with Crippen LogP contribution < -0.4 is 5.73 Å². The van der Waals surface area contributed by atoms with E-state index < -0.39 is 10.0 Å². The first-order valence-corrected chi connectivity index (χ1v) is 7.74. The van der Waals surface area contributed by atoms with Gasteiger partial charge in [0.2, 0.25) is 10.0 Å². The van der Waals surface area contributed by atoms with Gasteiger partial charge < -0.3 is 5.73 Å². The summed E-state index contributed by atoms with van der Waals surface area (Å²) in [4.78, 5) is 1.32. The summed E-state index contributed by atoms with van der Waals surface area (Å²) >= 11 is 1.41. The number of nitrogens with zero attached hydrogens (tertiary/aromatic N) is 1. The molecule has 2 rings (SSSR count). The van der Waals surface area contributed by atoms with Crippen molar-refractivity contribution < 1.29 is 8.42 Å². The fourth-order valence-corrected chi connectivity index (χ4v) is 4.52. The molecule has 90 valence electrons. The maximum Gasteiger partial charge on any atom is 0.243 e. The van der Waals surface area contributed by atoms with Crippen molar-refractivity contribution >= 4 is 21.4 Å². The molecule has 2 N–H and O–H groups in total. The molecule has 0 aromatic carbocycles. The molecule has 0 aliphatic carbocycles. The molecule has 0 amide bonds. The highest BCUT2D eigenvalue weighted by Gasteiger charge is 2.26. The monoisotopic (exact) mass is 260 g/mol. The molecule has 1 aromatic heterocycles. The van der Waals surface area contributed by atoms with E-state index in [-0.39, 0.29) is 0 Å². The Morgan fingerprint density at radius 1 is 1.31 bits per heavy atom. The average molecular weight is 260 g/mol. The van der Waals surface area contributed by atoms with Gasteiger partial charge in [-0.1, -0.05) is 6.42 Å². The van der Waals surface area contributed by atoms with E-state index in [1.165, 1.54) is 11.3 Å². The normalized spacial score (nSPS) is 18.8. The number of sulfonamides is 1. The molecule has 0 atom stereocenters. The first-order chi connectivity index (χ1) is 7.64. The Hall–Kier alpha value is -0.430. The molecule has 0 radical (unpaired) electrons. The molecular weight excluding hydrogens is 244 g/mol. The van der Waals surface area contributed by atoms with Gasteiger partial charge in [0, 0.05) is 29.9 Å².